The highest BCUT2D eigenvalue weighted by molar-refractivity contribution is 6.35. The molecule has 0 aliphatic heterocycles. The average Bonchev–Trinajstić information content (AvgIpc) is 3.15. The molecule has 0 unspecified atom stereocenters. The van der Waals surface area contributed by atoms with Crippen LogP contribution in [0, 0.1) is 11.8 Å². The molecule has 1 aliphatic carbocycles. The van der Waals surface area contributed by atoms with Crippen molar-refractivity contribution < 1.29 is 0 Å². The van der Waals surface area contributed by atoms with Gasteiger partial charge in [-0.05, 0) is 55.3 Å². The molecule has 0 bridgehead atoms. The van der Waals surface area contributed by atoms with Crippen LogP contribution in [0.3, 0.4) is 0 Å². The van der Waals surface area contributed by atoms with Crippen LogP contribution in [0.2, 0.25) is 10.0 Å². The third kappa shape index (κ3) is 4.31. The first kappa shape index (κ1) is 22.9. The van der Waals surface area contributed by atoms with Gasteiger partial charge in [-0.3, -0.25) is 18.5 Å². The molecule has 3 aromatic rings. The van der Waals surface area contributed by atoms with Crippen molar-refractivity contribution in [3.8, 4) is 0 Å². The molecule has 1 aliphatic rings. The molecule has 2 heterocycles. The van der Waals surface area contributed by atoms with Gasteiger partial charge in [0, 0.05) is 30.7 Å². The van der Waals surface area contributed by atoms with Crippen LogP contribution in [0.4, 0.5) is 5.95 Å². The lowest BCUT2D eigenvalue weighted by Gasteiger charge is -2.28. The minimum atomic E-state index is -0.415. The summed E-state index contributed by atoms with van der Waals surface area (Å²) in [5.41, 5.74) is 6.58. The number of aryl methyl sites for hydroxylation is 1. The molecule has 0 saturated heterocycles. The number of nitrogens with one attached hydrogen (secondary N) is 1. The Bertz CT molecular complexity index is 1260. The average molecular weight is 479 g/mol. The Morgan fingerprint density at radius 1 is 1.16 bits per heavy atom. The van der Waals surface area contributed by atoms with E-state index in [0.29, 0.717) is 52.1 Å². The standard InChI is InChI=1S/C22H28Cl2N6O2/c1-28-19-18(20(31)29(2)22(28)32)30(12-15-6-7-16(23)9-17(15)24)21(27-19)26-11-14-5-3-4-13(8-14)10-25/h6-7,9,13-14H,3-5,8,10-12,25H2,1-2H3,(H,26,27)/t13-,14-/m0/s1. The van der Waals surface area contributed by atoms with Crippen LogP contribution in [0.25, 0.3) is 11.2 Å². The van der Waals surface area contributed by atoms with Crippen LogP contribution in [0.15, 0.2) is 27.8 Å². The molecule has 0 radical (unpaired) electrons. The molecule has 172 valence electrons. The predicted molar refractivity (Wildman–Crippen MR) is 129 cm³/mol. The maximum atomic E-state index is 13.0. The van der Waals surface area contributed by atoms with E-state index in [1.54, 1.807) is 23.7 Å². The number of rotatable bonds is 6. The number of anilines is 1. The number of hydrogen-bond acceptors (Lipinski definition) is 5. The van der Waals surface area contributed by atoms with E-state index in [2.05, 4.69) is 10.3 Å². The summed E-state index contributed by atoms with van der Waals surface area (Å²) in [6, 6.07) is 5.27. The number of halogens is 2. The summed E-state index contributed by atoms with van der Waals surface area (Å²) < 4.78 is 4.29. The fourth-order valence-corrected chi connectivity index (χ4v) is 5.06. The van der Waals surface area contributed by atoms with Gasteiger partial charge in [-0.15, -0.1) is 0 Å². The van der Waals surface area contributed by atoms with E-state index in [-0.39, 0.29) is 0 Å². The van der Waals surface area contributed by atoms with Crippen LogP contribution in [0.5, 0.6) is 0 Å². The highest BCUT2D eigenvalue weighted by atomic mass is 35.5. The maximum Gasteiger partial charge on any atom is 0.332 e. The van der Waals surface area contributed by atoms with Crippen LogP contribution in [0.1, 0.15) is 31.2 Å². The largest absolute Gasteiger partial charge is 0.355 e. The van der Waals surface area contributed by atoms with Gasteiger partial charge in [0.25, 0.3) is 5.56 Å². The van der Waals surface area contributed by atoms with Gasteiger partial charge >= 0.3 is 5.69 Å². The second-order valence-electron chi connectivity index (χ2n) is 8.65. The maximum absolute atomic E-state index is 13.0. The number of nitrogens with zero attached hydrogens (tertiary/aromatic N) is 4. The van der Waals surface area contributed by atoms with Gasteiger partial charge in [0.1, 0.15) is 0 Å². The van der Waals surface area contributed by atoms with Gasteiger partial charge in [-0.1, -0.05) is 35.7 Å². The molecule has 4 rings (SSSR count). The molecule has 2 atom stereocenters. The Kier molecular flexibility index (Phi) is 6.65. The minimum Gasteiger partial charge on any atom is -0.355 e. The minimum absolute atomic E-state index is 0.318. The Morgan fingerprint density at radius 2 is 1.91 bits per heavy atom. The van der Waals surface area contributed by atoms with Crippen molar-refractivity contribution in [1.82, 2.24) is 18.7 Å². The fraction of sp³-hybridized carbons (Fsp3) is 0.500. The van der Waals surface area contributed by atoms with E-state index < -0.39 is 11.2 Å². The Labute approximate surface area is 195 Å². The molecule has 1 fully saturated rings. The highest BCUT2D eigenvalue weighted by Gasteiger charge is 2.23. The zero-order valence-electron chi connectivity index (χ0n) is 18.3. The molecular formula is C22H28Cl2N6O2. The Morgan fingerprint density at radius 3 is 2.62 bits per heavy atom. The summed E-state index contributed by atoms with van der Waals surface area (Å²) in [7, 11) is 3.09. The van der Waals surface area contributed by atoms with E-state index in [0.717, 1.165) is 29.5 Å². The van der Waals surface area contributed by atoms with Crippen LogP contribution < -0.4 is 22.3 Å². The Hall–Kier alpha value is -2.29. The summed E-state index contributed by atoms with van der Waals surface area (Å²) >= 11 is 12.5. The van der Waals surface area contributed by atoms with Crippen molar-refractivity contribution in [1.29, 1.82) is 0 Å². The van der Waals surface area contributed by atoms with Crippen molar-refractivity contribution in [3.05, 3.63) is 54.6 Å². The second-order valence-corrected chi connectivity index (χ2v) is 9.49. The first-order valence-corrected chi connectivity index (χ1v) is 11.6. The second kappa shape index (κ2) is 9.29. The van der Waals surface area contributed by atoms with E-state index in [1.165, 1.54) is 24.5 Å². The number of fused-ring (bicyclic) bond motifs is 1. The predicted octanol–water partition coefficient (Wildman–Crippen LogP) is 2.97. The van der Waals surface area contributed by atoms with Crippen LogP contribution in [-0.4, -0.2) is 31.8 Å². The van der Waals surface area contributed by atoms with Gasteiger partial charge in [0.15, 0.2) is 11.2 Å². The number of benzene rings is 1. The van der Waals surface area contributed by atoms with Gasteiger partial charge in [0.05, 0.1) is 6.54 Å². The molecule has 1 aromatic carbocycles. The number of nitrogens with two attached hydrogens (primary N) is 1. The summed E-state index contributed by atoms with van der Waals surface area (Å²) in [6.07, 6.45) is 4.55. The molecule has 32 heavy (non-hydrogen) atoms. The SMILES string of the molecule is Cn1c(=O)c2c(nc(NC[C@H]3CCC[C@H](CN)C3)n2Cc2ccc(Cl)cc2Cl)n(C)c1=O. The zero-order chi connectivity index (χ0) is 23.0. The van der Waals surface area contributed by atoms with Crippen molar-refractivity contribution in [2.45, 2.75) is 32.2 Å². The third-order valence-corrected chi connectivity index (χ3v) is 7.05. The summed E-state index contributed by atoms with van der Waals surface area (Å²) in [5.74, 6) is 1.57. The summed E-state index contributed by atoms with van der Waals surface area (Å²) in [5, 5.41) is 4.48. The first-order chi connectivity index (χ1) is 15.3. The van der Waals surface area contributed by atoms with Crippen LogP contribution in [-0.2, 0) is 20.6 Å². The molecular weight excluding hydrogens is 451 g/mol. The molecule has 0 amide bonds. The first-order valence-electron chi connectivity index (χ1n) is 10.8. The summed E-state index contributed by atoms with van der Waals surface area (Å²) in [4.78, 5) is 30.2. The molecule has 8 nitrogen and oxygen atoms in total. The molecule has 2 aromatic heterocycles. The van der Waals surface area contributed by atoms with E-state index in [1.807, 2.05) is 6.07 Å². The normalized spacial score (nSPS) is 18.9. The lowest BCUT2D eigenvalue weighted by atomic mass is 9.81. The van der Waals surface area contributed by atoms with Crippen LogP contribution >= 0.6 is 23.2 Å². The highest BCUT2D eigenvalue weighted by Crippen LogP contribution is 2.29. The molecule has 1 saturated carbocycles. The fourth-order valence-electron chi connectivity index (χ4n) is 4.59. The van der Waals surface area contributed by atoms with Gasteiger partial charge < -0.3 is 11.1 Å². The van der Waals surface area contributed by atoms with Crippen molar-refractivity contribution in [3.63, 3.8) is 0 Å². The zero-order valence-corrected chi connectivity index (χ0v) is 19.8. The molecule has 0 spiro atoms. The smallest absolute Gasteiger partial charge is 0.332 e. The van der Waals surface area contributed by atoms with E-state index >= 15 is 0 Å². The van der Waals surface area contributed by atoms with Gasteiger partial charge in [0.2, 0.25) is 5.95 Å². The van der Waals surface area contributed by atoms with Gasteiger partial charge in [-0.25, -0.2) is 4.79 Å². The number of imidazole rings is 1. The van der Waals surface area contributed by atoms with Crippen molar-refractivity contribution >= 4 is 40.3 Å². The van der Waals surface area contributed by atoms with Gasteiger partial charge in [-0.2, -0.15) is 4.98 Å². The van der Waals surface area contributed by atoms with Crippen molar-refractivity contribution in [2.75, 3.05) is 18.4 Å². The number of hydrogen-bond donors (Lipinski definition) is 2. The van der Waals surface area contributed by atoms with E-state index in [9.17, 15) is 9.59 Å². The third-order valence-electron chi connectivity index (χ3n) is 6.47. The summed E-state index contributed by atoms with van der Waals surface area (Å²) in [6.45, 7) is 1.75. The number of aromatic nitrogens is 4. The van der Waals surface area contributed by atoms with Crippen molar-refractivity contribution in [2.24, 2.45) is 31.7 Å². The Balaban J connectivity index is 1.76. The monoisotopic (exact) mass is 478 g/mol. The quantitative estimate of drug-likeness (QED) is 0.567. The molecule has 10 heteroatoms. The lowest BCUT2D eigenvalue weighted by molar-refractivity contribution is 0.281. The van der Waals surface area contributed by atoms with E-state index in [4.69, 9.17) is 28.9 Å². The topological polar surface area (TPSA) is 99.9 Å². The molecule has 3 N–H and O–H groups in total. The lowest BCUT2D eigenvalue weighted by Crippen LogP contribution is -2.37.